The summed E-state index contributed by atoms with van der Waals surface area (Å²) in [5.74, 6) is 0.384. The Labute approximate surface area is 172 Å². The number of hydrogen-bond acceptors (Lipinski definition) is 4. The van der Waals surface area contributed by atoms with Crippen LogP contribution in [-0.4, -0.2) is 52.7 Å². The van der Waals surface area contributed by atoms with Crippen molar-refractivity contribution < 1.29 is 14.3 Å². The lowest BCUT2D eigenvalue weighted by atomic mass is 9.99. The average molecular weight is 399 g/mol. The van der Waals surface area contributed by atoms with Gasteiger partial charge in [0.2, 0.25) is 5.91 Å². The molecule has 1 aliphatic heterocycles. The number of nitrogens with one attached hydrogen (secondary N) is 1. The van der Waals surface area contributed by atoms with E-state index < -0.39 is 6.04 Å². The monoisotopic (exact) mass is 398 g/mol. The van der Waals surface area contributed by atoms with Crippen molar-refractivity contribution in [1.29, 1.82) is 0 Å². The molecule has 2 aromatic rings. The number of hydrogen-bond donors (Lipinski definition) is 1. The molecule has 0 aliphatic carbocycles. The van der Waals surface area contributed by atoms with Crippen LogP contribution < -0.4 is 10.1 Å². The number of carbonyl (C=O) groups is 2. The van der Waals surface area contributed by atoms with Crippen LogP contribution in [0.3, 0.4) is 0 Å². The number of amides is 2. The number of piperidine rings is 1. The normalized spacial score (nSPS) is 17.8. The number of methoxy groups -OCH3 is 1. The number of aromatic nitrogens is 2. The van der Waals surface area contributed by atoms with Gasteiger partial charge in [0.25, 0.3) is 5.91 Å². The molecular weight excluding hydrogens is 368 g/mol. The van der Waals surface area contributed by atoms with Crippen LogP contribution in [0.2, 0.25) is 0 Å². The number of aryl methyl sites for hydroxylation is 1. The second-order valence-electron chi connectivity index (χ2n) is 8.00. The van der Waals surface area contributed by atoms with E-state index in [-0.39, 0.29) is 23.8 Å². The molecule has 0 bridgehead atoms. The Bertz CT molecular complexity index is 844. The van der Waals surface area contributed by atoms with Crippen molar-refractivity contribution >= 4 is 11.8 Å². The number of likely N-dealkylation sites (tertiary alicyclic amines) is 1. The first kappa shape index (κ1) is 20.9. The summed E-state index contributed by atoms with van der Waals surface area (Å²) in [5, 5.41) is 7.35. The Morgan fingerprint density at radius 3 is 2.55 bits per heavy atom. The summed E-state index contributed by atoms with van der Waals surface area (Å²) in [7, 11) is 1.58. The quantitative estimate of drug-likeness (QED) is 0.812. The third-order valence-electron chi connectivity index (χ3n) is 5.38. The first-order valence-corrected chi connectivity index (χ1v) is 10.1. The second-order valence-corrected chi connectivity index (χ2v) is 8.00. The van der Waals surface area contributed by atoms with E-state index >= 15 is 0 Å². The number of nitrogens with zero attached hydrogens (tertiary/aromatic N) is 3. The van der Waals surface area contributed by atoms with Crippen molar-refractivity contribution in [3.05, 3.63) is 47.8 Å². The van der Waals surface area contributed by atoms with E-state index in [0.29, 0.717) is 24.4 Å². The van der Waals surface area contributed by atoms with Crippen molar-refractivity contribution in [3.63, 3.8) is 0 Å². The fourth-order valence-corrected chi connectivity index (χ4v) is 3.68. The van der Waals surface area contributed by atoms with Gasteiger partial charge in [-0.3, -0.25) is 14.3 Å². The van der Waals surface area contributed by atoms with E-state index in [1.54, 1.807) is 31.4 Å². The molecule has 2 unspecified atom stereocenters. The molecule has 7 heteroatoms. The zero-order chi connectivity index (χ0) is 21.0. The molecule has 0 spiro atoms. The predicted octanol–water partition coefficient (Wildman–Crippen LogP) is 2.82. The van der Waals surface area contributed by atoms with Crippen LogP contribution in [0.4, 0.5) is 0 Å². The first-order valence-electron chi connectivity index (χ1n) is 10.1. The van der Waals surface area contributed by atoms with Crippen LogP contribution in [0.15, 0.2) is 36.7 Å². The predicted molar refractivity (Wildman–Crippen MR) is 111 cm³/mol. The molecule has 7 nitrogen and oxygen atoms in total. The van der Waals surface area contributed by atoms with Crippen molar-refractivity contribution in [2.45, 2.75) is 45.7 Å². The summed E-state index contributed by atoms with van der Waals surface area (Å²) in [6, 6.07) is 6.49. The fraction of sp³-hybridized carbons (Fsp3) is 0.500. The lowest BCUT2D eigenvalue weighted by Gasteiger charge is -2.36. The van der Waals surface area contributed by atoms with Gasteiger partial charge in [0.15, 0.2) is 0 Å². The van der Waals surface area contributed by atoms with Crippen molar-refractivity contribution in [1.82, 2.24) is 20.0 Å². The van der Waals surface area contributed by atoms with E-state index in [0.717, 1.165) is 18.4 Å². The highest BCUT2D eigenvalue weighted by molar-refractivity contribution is 5.97. The van der Waals surface area contributed by atoms with Crippen molar-refractivity contribution in [2.24, 2.45) is 5.92 Å². The third-order valence-corrected chi connectivity index (χ3v) is 5.38. The Kier molecular flexibility index (Phi) is 6.56. The van der Waals surface area contributed by atoms with Crippen molar-refractivity contribution in [3.8, 4) is 5.75 Å². The summed E-state index contributed by atoms with van der Waals surface area (Å²) < 4.78 is 7.09. The van der Waals surface area contributed by atoms with Gasteiger partial charge in [-0.25, -0.2) is 0 Å². The molecule has 2 amide bonds. The Morgan fingerprint density at radius 2 is 1.97 bits per heavy atom. The maximum atomic E-state index is 13.3. The van der Waals surface area contributed by atoms with Crippen LogP contribution in [0.1, 0.15) is 48.7 Å². The largest absolute Gasteiger partial charge is 0.497 e. The first-order chi connectivity index (χ1) is 13.9. The van der Waals surface area contributed by atoms with Gasteiger partial charge in [-0.2, -0.15) is 5.10 Å². The molecular formula is C22H30N4O3. The number of rotatable bonds is 6. The number of ether oxygens (including phenoxy) is 1. The summed E-state index contributed by atoms with van der Waals surface area (Å²) in [6.07, 6.45) is 5.78. The van der Waals surface area contributed by atoms with Crippen LogP contribution in [0.25, 0.3) is 0 Å². The van der Waals surface area contributed by atoms with E-state index in [4.69, 9.17) is 4.74 Å². The second kappa shape index (κ2) is 9.11. The number of carbonyl (C=O) groups excluding carboxylic acids is 2. The summed E-state index contributed by atoms with van der Waals surface area (Å²) in [4.78, 5) is 27.8. The number of benzene rings is 1. The molecule has 29 heavy (non-hydrogen) atoms. The molecule has 1 aliphatic rings. The van der Waals surface area contributed by atoms with Crippen LogP contribution in [-0.2, 0) is 4.79 Å². The van der Waals surface area contributed by atoms with Gasteiger partial charge in [0.1, 0.15) is 11.8 Å². The Balaban J connectivity index is 1.68. The van der Waals surface area contributed by atoms with Gasteiger partial charge in [-0.1, -0.05) is 13.8 Å². The molecule has 2 atom stereocenters. The Hall–Kier alpha value is -2.83. The van der Waals surface area contributed by atoms with Crippen LogP contribution >= 0.6 is 0 Å². The maximum absolute atomic E-state index is 13.3. The highest BCUT2D eigenvalue weighted by Gasteiger charge is 2.32. The molecule has 1 saturated heterocycles. The van der Waals surface area contributed by atoms with Crippen LogP contribution in [0, 0.1) is 12.8 Å². The SMILES string of the molecule is COc1ccc(C(=O)NC(C(=O)N2CCCC(n3cc(C)cn3)C2)C(C)C)cc1. The van der Waals surface area contributed by atoms with Gasteiger partial charge < -0.3 is 15.0 Å². The van der Waals surface area contributed by atoms with E-state index in [9.17, 15) is 9.59 Å². The van der Waals surface area contributed by atoms with E-state index in [1.165, 1.54) is 0 Å². The van der Waals surface area contributed by atoms with Gasteiger partial charge in [0, 0.05) is 24.8 Å². The molecule has 2 heterocycles. The molecule has 1 aromatic heterocycles. The topological polar surface area (TPSA) is 76.5 Å². The summed E-state index contributed by atoms with van der Waals surface area (Å²) in [6.45, 7) is 7.24. The molecule has 0 saturated carbocycles. The van der Waals surface area contributed by atoms with Gasteiger partial charge in [-0.05, 0) is 55.5 Å². The lowest BCUT2D eigenvalue weighted by molar-refractivity contribution is -0.136. The minimum Gasteiger partial charge on any atom is -0.497 e. The van der Waals surface area contributed by atoms with E-state index in [1.807, 2.05) is 42.7 Å². The minimum atomic E-state index is -0.567. The molecule has 1 fully saturated rings. The summed E-state index contributed by atoms with van der Waals surface area (Å²) in [5.41, 5.74) is 1.62. The Morgan fingerprint density at radius 1 is 1.24 bits per heavy atom. The zero-order valence-electron chi connectivity index (χ0n) is 17.6. The highest BCUT2D eigenvalue weighted by Crippen LogP contribution is 2.23. The molecule has 1 aromatic carbocycles. The third kappa shape index (κ3) is 4.96. The maximum Gasteiger partial charge on any atom is 0.251 e. The van der Waals surface area contributed by atoms with Crippen LogP contribution in [0.5, 0.6) is 5.75 Å². The molecule has 156 valence electrons. The van der Waals surface area contributed by atoms with Crippen molar-refractivity contribution in [2.75, 3.05) is 20.2 Å². The average Bonchev–Trinajstić information content (AvgIpc) is 3.17. The molecule has 0 radical (unpaired) electrons. The fourth-order valence-electron chi connectivity index (χ4n) is 3.68. The van der Waals surface area contributed by atoms with E-state index in [2.05, 4.69) is 10.4 Å². The van der Waals surface area contributed by atoms with Gasteiger partial charge >= 0.3 is 0 Å². The zero-order valence-corrected chi connectivity index (χ0v) is 17.6. The van der Waals surface area contributed by atoms with Gasteiger partial charge in [0.05, 0.1) is 19.3 Å². The van der Waals surface area contributed by atoms with Gasteiger partial charge in [-0.15, -0.1) is 0 Å². The summed E-state index contributed by atoms with van der Waals surface area (Å²) >= 11 is 0. The molecule has 1 N–H and O–H groups in total. The minimum absolute atomic E-state index is 0.0166. The highest BCUT2D eigenvalue weighted by atomic mass is 16.5. The smallest absolute Gasteiger partial charge is 0.251 e. The molecule has 3 rings (SSSR count). The lowest BCUT2D eigenvalue weighted by Crippen LogP contribution is -2.53. The standard InChI is InChI=1S/C22H30N4O3/c1-15(2)20(24-21(27)17-7-9-19(29-4)10-8-17)22(28)25-11-5-6-18(14-25)26-13-16(3)12-23-26/h7-10,12-13,15,18,20H,5-6,11,14H2,1-4H3,(H,24,27).